The number of hydrogen-bond acceptors (Lipinski definition) is 6. The van der Waals surface area contributed by atoms with E-state index >= 15 is 0 Å². The van der Waals surface area contributed by atoms with E-state index < -0.39 is 0 Å². The van der Waals surface area contributed by atoms with Crippen LogP contribution in [0.15, 0.2) is 4.34 Å². The zero-order chi connectivity index (χ0) is 14.9. The fraction of sp³-hybridized carbons (Fsp3) is 0.786. The summed E-state index contributed by atoms with van der Waals surface area (Å²) in [6.45, 7) is 3.04. The first kappa shape index (κ1) is 16.5. The lowest BCUT2D eigenvalue weighted by molar-refractivity contribution is -0.121. The maximum atomic E-state index is 11.9. The van der Waals surface area contributed by atoms with Gasteiger partial charge in [-0.05, 0) is 19.3 Å². The molecule has 2 N–H and O–H groups in total. The zero-order valence-corrected chi connectivity index (χ0v) is 14.2. The molecule has 21 heavy (non-hydrogen) atoms. The Kier molecular flexibility index (Phi) is 7.29. The summed E-state index contributed by atoms with van der Waals surface area (Å²) in [7, 11) is 0. The summed E-state index contributed by atoms with van der Waals surface area (Å²) in [6.07, 6.45) is 7.72. The van der Waals surface area contributed by atoms with E-state index in [1.807, 2.05) is 0 Å². The molecule has 0 saturated heterocycles. The maximum Gasteiger partial charge on any atom is 0.221 e. The van der Waals surface area contributed by atoms with Gasteiger partial charge in [-0.25, -0.2) is 0 Å². The van der Waals surface area contributed by atoms with Crippen molar-refractivity contribution in [3.63, 3.8) is 0 Å². The molecule has 1 aromatic heterocycles. The van der Waals surface area contributed by atoms with Crippen LogP contribution in [-0.4, -0.2) is 34.4 Å². The van der Waals surface area contributed by atoms with Crippen LogP contribution >= 0.6 is 23.1 Å². The summed E-state index contributed by atoms with van der Waals surface area (Å²) in [5.74, 6) is 0.935. The lowest BCUT2D eigenvalue weighted by Crippen LogP contribution is -2.36. The van der Waals surface area contributed by atoms with Gasteiger partial charge in [0.1, 0.15) is 0 Å². The number of carbonyl (C=O) groups is 1. The molecule has 2 rings (SSSR count). The van der Waals surface area contributed by atoms with E-state index in [-0.39, 0.29) is 5.91 Å². The molecule has 1 aliphatic carbocycles. The van der Waals surface area contributed by atoms with Crippen LogP contribution in [0.5, 0.6) is 0 Å². The first-order chi connectivity index (χ1) is 10.3. The van der Waals surface area contributed by atoms with Crippen molar-refractivity contribution in [2.24, 2.45) is 0 Å². The fourth-order valence-corrected chi connectivity index (χ4v) is 4.14. The van der Waals surface area contributed by atoms with Crippen LogP contribution in [0.3, 0.4) is 0 Å². The SMILES string of the molecule is CCCNc1nnc(SCCC(=O)NC2CCCCC2)s1. The molecule has 0 spiro atoms. The largest absolute Gasteiger partial charge is 0.360 e. The Morgan fingerprint density at radius 3 is 2.90 bits per heavy atom. The monoisotopic (exact) mass is 328 g/mol. The first-order valence-corrected chi connectivity index (χ1v) is 9.57. The van der Waals surface area contributed by atoms with Crippen LogP contribution in [-0.2, 0) is 4.79 Å². The third-order valence-electron chi connectivity index (χ3n) is 3.46. The zero-order valence-electron chi connectivity index (χ0n) is 12.6. The number of aromatic nitrogens is 2. The van der Waals surface area contributed by atoms with Gasteiger partial charge in [0.15, 0.2) is 4.34 Å². The average molecular weight is 329 g/mol. The minimum atomic E-state index is 0.170. The molecule has 7 heteroatoms. The predicted molar refractivity (Wildman–Crippen MR) is 89.0 cm³/mol. The van der Waals surface area contributed by atoms with E-state index in [0.717, 1.165) is 41.0 Å². The van der Waals surface area contributed by atoms with E-state index in [4.69, 9.17) is 0 Å². The van der Waals surface area contributed by atoms with Crippen LogP contribution in [0.1, 0.15) is 51.9 Å². The molecule has 1 heterocycles. The highest BCUT2D eigenvalue weighted by atomic mass is 32.2. The molecule has 118 valence electrons. The maximum absolute atomic E-state index is 11.9. The molecule has 0 bridgehead atoms. The van der Waals surface area contributed by atoms with Crippen LogP contribution in [0.2, 0.25) is 0 Å². The van der Waals surface area contributed by atoms with Gasteiger partial charge >= 0.3 is 0 Å². The fourth-order valence-electron chi connectivity index (χ4n) is 2.35. The number of amides is 1. The van der Waals surface area contributed by atoms with Gasteiger partial charge in [-0.15, -0.1) is 10.2 Å². The molecule has 0 radical (unpaired) electrons. The molecular formula is C14H24N4OS2. The Labute approximate surface area is 134 Å². The summed E-state index contributed by atoms with van der Waals surface area (Å²) < 4.78 is 0.930. The van der Waals surface area contributed by atoms with E-state index in [1.54, 1.807) is 23.1 Å². The van der Waals surface area contributed by atoms with Crippen molar-refractivity contribution in [3.8, 4) is 0 Å². The van der Waals surface area contributed by atoms with Gasteiger partial charge in [0.2, 0.25) is 11.0 Å². The van der Waals surface area contributed by atoms with Gasteiger partial charge in [0.05, 0.1) is 0 Å². The summed E-state index contributed by atoms with van der Waals surface area (Å²) in [6, 6.07) is 0.405. The Morgan fingerprint density at radius 2 is 2.14 bits per heavy atom. The molecule has 0 aromatic carbocycles. The number of nitrogens with zero attached hydrogens (tertiary/aromatic N) is 2. The first-order valence-electron chi connectivity index (χ1n) is 7.77. The minimum Gasteiger partial charge on any atom is -0.360 e. The van der Waals surface area contributed by atoms with Crippen molar-refractivity contribution < 1.29 is 4.79 Å². The van der Waals surface area contributed by atoms with Gasteiger partial charge in [-0.1, -0.05) is 49.3 Å². The van der Waals surface area contributed by atoms with Crippen LogP contribution in [0.4, 0.5) is 5.13 Å². The quantitative estimate of drug-likeness (QED) is 0.717. The Hall–Kier alpha value is -0.820. The van der Waals surface area contributed by atoms with Crippen molar-refractivity contribution in [2.75, 3.05) is 17.6 Å². The van der Waals surface area contributed by atoms with Crippen LogP contribution in [0.25, 0.3) is 0 Å². The van der Waals surface area contributed by atoms with Crippen LogP contribution < -0.4 is 10.6 Å². The normalized spacial score (nSPS) is 15.9. The summed E-state index contributed by atoms with van der Waals surface area (Å²) in [5, 5.41) is 15.4. The van der Waals surface area contributed by atoms with Crippen molar-refractivity contribution in [1.29, 1.82) is 0 Å². The molecular weight excluding hydrogens is 304 g/mol. The van der Waals surface area contributed by atoms with Gasteiger partial charge < -0.3 is 10.6 Å². The van der Waals surface area contributed by atoms with Crippen molar-refractivity contribution in [1.82, 2.24) is 15.5 Å². The Morgan fingerprint density at radius 1 is 1.33 bits per heavy atom. The number of thioether (sulfide) groups is 1. The van der Waals surface area contributed by atoms with E-state index in [2.05, 4.69) is 27.8 Å². The Balaban J connectivity index is 1.61. The van der Waals surface area contributed by atoms with Crippen molar-refractivity contribution in [2.45, 2.75) is 62.3 Å². The van der Waals surface area contributed by atoms with Crippen molar-refractivity contribution in [3.05, 3.63) is 0 Å². The number of rotatable bonds is 8. The van der Waals surface area contributed by atoms with E-state index in [0.29, 0.717) is 12.5 Å². The van der Waals surface area contributed by atoms with Crippen LogP contribution in [0, 0.1) is 0 Å². The lowest BCUT2D eigenvalue weighted by Gasteiger charge is -2.22. The third-order valence-corrected chi connectivity index (χ3v) is 5.47. The third kappa shape index (κ3) is 6.22. The smallest absolute Gasteiger partial charge is 0.221 e. The lowest BCUT2D eigenvalue weighted by atomic mass is 9.95. The molecule has 1 aliphatic rings. The molecule has 0 aliphatic heterocycles. The number of hydrogen-bond donors (Lipinski definition) is 2. The van der Waals surface area contributed by atoms with E-state index in [1.165, 1.54) is 19.3 Å². The highest BCUT2D eigenvalue weighted by Gasteiger charge is 2.15. The standard InChI is InChI=1S/C14H24N4OS2/c1-2-9-15-13-17-18-14(21-13)20-10-8-12(19)16-11-6-4-3-5-7-11/h11H,2-10H2,1H3,(H,15,17)(H,16,19). The topological polar surface area (TPSA) is 66.9 Å². The highest BCUT2D eigenvalue weighted by molar-refractivity contribution is 8.01. The number of carbonyl (C=O) groups excluding carboxylic acids is 1. The van der Waals surface area contributed by atoms with Gasteiger partial charge in [-0.3, -0.25) is 4.79 Å². The molecule has 1 amide bonds. The molecule has 1 fully saturated rings. The van der Waals surface area contributed by atoms with Gasteiger partial charge in [-0.2, -0.15) is 0 Å². The summed E-state index contributed by atoms with van der Waals surface area (Å²) in [4.78, 5) is 11.9. The molecule has 0 atom stereocenters. The van der Waals surface area contributed by atoms with Gasteiger partial charge in [0.25, 0.3) is 0 Å². The molecule has 5 nitrogen and oxygen atoms in total. The summed E-state index contributed by atoms with van der Waals surface area (Å²) in [5.41, 5.74) is 0. The predicted octanol–water partition coefficient (Wildman–Crippen LogP) is 3.29. The summed E-state index contributed by atoms with van der Waals surface area (Å²) >= 11 is 3.17. The second-order valence-electron chi connectivity index (χ2n) is 5.30. The molecule has 0 unspecified atom stereocenters. The Bertz CT molecular complexity index is 432. The van der Waals surface area contributed by atoms with Crippen molar-refractivity contribution >= 4 is 34.1 Å². The molecule has 1 saturated carbocycles. The van der Waals surface area contributed by atoms with E-state index in [9.17, 15) is 4.79 Å². The molecule has 1 aromatic rings. The average Bonchev–Trinajstić information content (AvgIpc) is 2.94. The number of anilines is 1. The second kappa shape index (κ2) is 9.25. The van der Waals surface area contributed by atoms with Gasteiger partial charge in [0, 0.05) is 24.8 Å². The number of nitrogens with one attached hydrogen (secondary N) is 2. The second-order valence-corrected chi connectivity index (χ2v) is 7.62. The minimum absolute atomic E-state index is 0.170. The highest BCUT2D eigenvalue weighted by Crippen LogP contribution is 2.26.